The van der Waals surface area contributed by atoms with Crippen molar-refractivity contribution in [1.82, 2.24) is 5.32 Å². The lowest BCUT2D eigenvalue weighted by Crippen LogP contribution is -2.13. The molecule has 2 rings (SSSR count). The minimum absolute atomic E-state index is 0.217. The third-order valence-electron chi connectivity index (χ3n) is 3.24. The summed E-state index contributed by atoms with van der Waals surface area (Å²) in [5.41, 5.74) is 2.14. The molecule has 0 saturated carbocycles. The molecule has 0 heterocycles. The molecule has 0 unspecified atom stereocenters. The van der Waals surface area contributed by atoms with Gasteiger partial charge < -0.3 is 14.8 Å². The molecule has 0 aliphatic carbocycles. The van der Waals surface area contributed by atoms with Crippen molar-refractivity contribution in [2.75, 3.05) is 13.2 Å². The molecule has 0 amide bonds. The van der Waals surface area contributed by atoms with E-state index in [9.17, 15) is 4.39 Å². The highest BCUT2D eigenvalue weighted by Gasteiger charge is 2.06. The SMILES string of the molecule is C=CCOc1ccc(CNCc2ccc(F)cc2)cc1OCC. The Morgan fingerprint density at radius 3 is 2.39 bits per heavy atom. The first-order valence-corrected chi connectivity index (χ1v) is 7.67. The van der Waals surface area contributed by atoms with Gasteiger partial charge >= 0.3 is 0 Å². The molecule has 122 valence electrons. The number of rotatable bonds is 9. The predicted molar refractivity (Wildman–Crippen MR) is 90.2 cm³/mol. The molecule has 23 heavy (non-hydrogen) atoms. The highest BCUT2D eigenvalue weighted by atomic mass is 19.1. The first kappa shape index (κ1) is 17.0. The van der Waals surface area contributed by atoms with Gasteiger partial charge in [-0.1, -0.05) is 30.9 Å². The molecule has 0 bridgehead atoms. The molecule has 2 aromatic rings. The summed E-state index contributed by atoms with van der Waals surface area (Å²) < 4.78 is 24.1. The molecule has 4 heteroatoms. The molecule has 0 spiro atoms. The second-order valence-electron chi connectivity index (χ2n) is 5.04. The summed E-state index contributed by atoms with van der Waals surface area (Å²) in [7, 11) is 0. The van der Waals surface area contributed by atoms with E-state index < -0.39 is 0 Å². The van der Waals surface area contributed by atoms with Crippen molar-refractivity contribution in [2.24, 2.45) is 0 Å². The van der Waals surface area contributed by atoms with Crippen LogP contribution in [0.4, 0.5) is 4.39 Å². The van der Waals surface area contributed by atoms with Gasteiger partial charge in [0.1, 0.15) is 12.4 Å². The highest BCUT2D eigenvalue weighted by Crippen LogP contribution is 2.28. The fraction of sp³-hybridized carbons (Fsp3) is 0.263. The third-order valence-corrected chi connectivity index (χ3v) is 3.24. The van der Waals surface area contributed by atoms with Gasteiger partial charge in [0.05, 0.1) is 6.61 Å². The van der Waals surface area contributed by atoms with Crippen molar-refractivity contribution in [1.29, 1.82) is 0 Å². The number of ether oxygens (including phenoxy) is 2. The average molecular weight is 315 g/mol. The molecule has 0 saturated heterocycles. The molecule has 1 N–H and O–H groups in total. The van der Waals surface area contributed by atoms with Crippen LogP contribution >= 0.6 is 0 Å². The molecular formula is C19H22FNO2. The second-order valence-corrected chi connectivity index (χ2v) is 5.04. The van der Waals surface area contributed by atoms with Gasteiger partial charge in [-0.25, -0.2) is 4.39 Å². The number of hydrogen-bond acceptors (Lipinski definition) is 3. The fourth-order valence-electron chi connectivity index (χ4n) is 2.15. The maximum absolute atomic E-state index is 12.9. The van der Waals surface area contributed by atoms with Crippen LogP contribution in [0, 0.1) is 5.82 Å². The van der Waals surface area contributed by atoms with Gasteiger partial charge in [0.15, 0.2) is 11.5 Å². The minimum atomic E-state index is -0.217. The zero-order valence-electron chi connectivity index (χ0n) is 13.3. The summed E-state index contributed by atoms with van der Waals surface area (Å²) in [6, 6.07) is 12.4. The van der Waals surface area contributed by atoms with E-state index in [2.05, 4.69) is 11.9 Å². The fourth-order valence-corrected chi connectivity index (χ4v) is 2.15. The summed E-state index contributed by atoms with van der Waals surface area (Å²) in [5.74, 6) is 1.23. The van der Waals surface area contributed by atoms with Crippen molar-refractivity contribution in [2.45, 2.75) is 20.0 Å². The number of halogens is 1. The van der Waals surface area contributed by atoms with Crippen molar-refractivity contribution in [3.8, 4) is 11.5 Å². The summed E-state index contributed by atoms with van der Waals surface area (Å²) in [6.45, 7) is 7.99. The Morgan fingerprint density at radius 2 is 1.70 bits per heavy atom. The first-order chi connectivity index (χ1) is 11.2. The molecule has 0 atom stereocenters. The molecule has 0 fully saturated rings. The van der Waals surface area contributed by atoms with E-state index in [1.165, 1.54) is 12.1 Å². The Morgan fingerprint density at radius 1 is 1.00 bits per heavy atom. The van der Waals surface area contributed by atoms with Crippen molar-refractivity contribution >= 4 is 0 Å². The molecule has 0 radical (unpaired) electrons. The van der Waals surface area contributed by atoms with Crippen LogP contribution < -0.4 is 14.8 Å². The van der Waals surface area contributed by atoms with Crippen molar-refractivity contribution < 1.29 is 13.9 Å². The van der Waals surface area contributed by atoms with Crippen LogP contribution in [0.5, 0.6) is 11.5 Å². The summed E-state index contributed by atoms with van der Waals surface area (Å²) >= 11 is 0. The van der Waals surface area contributed by atoms with Crippen LogP contribution in [0.1, 0.15) is 18.1 Å². The van der Waals surface area contributed by atoms with Crippen LogP contribution in [0.3, 0.4) is 0 Å². The van der Waals surface area contributed by atoms with E-state index in [4.69, 9.17) is 9.47 Å². The quantitative estimate of drug-likeness (QED) is 0.707. The van der Waals surface area contributed by atoms with Crippen LogP contribution in [0.25, 0.3) is 0 Å². The standard InChI is InChI=1S/C19H22FNO2/c1-3-11-23-18-10-7-16(12-19(18)22-4-2)14-21-13-15-5-8-17(20)9-6-15/h3,5-10,12,21H,1,4,11,13-14H2,2H3. The van der Waals surface area contributed by atoms with Crippen molar-refractivity contribution in [3.05, 3.63) is 72.1 Å². The molecule has 0 aromatic heterocycles. The summed E-state index contributed by atoms with van der Waals surface area (Å²) in [5, 5.41) is 3.33. The van der Waals surface area contributed by atoms with Crippen molar-refractivity contribution in [3.63, 3.8) is 0 Å². The van der Waals surface area contributed by atoms with Crippen LogP contribution in [-0.2, 0) is 13.1 Å². The van der Waals surface area contributed by atoms with Crippen LogP contribution in [0.15, 0.2) is 55.1 Å². The predicted octanol–water partition coefficient (Wildman–Crippen LogP) is 4.08. The first-order valence-electron chi connectivity index (χ1n) is 7.67. The van der Waals surface area contributed by atoms with Gasteiger partial charge in [-0.3, -0.25) is 0 Å². The maximum Gasteiger partial charge on any atom is 0.161 e. The summed E-state index contributed by atoms with van der Waals surface area (Å²) in [6.07, 6.45) is 1.70. The third kappa shape index (κ3) is 5.42. The smallest absolute Gasteiger partial charge is 0.161 e. The Kier molecular flexibility index (Phi) is 6.63. The normalized spacial score (nSPS) is 10.3. The average Bonchev–Trinajstić information content (AvgIpc) is 2.56. The van der Waals surface area contributed by atoms with Crippen LogP contribution in [-0.4, -0.2) is 13.2 Å². The van der Waals surface area contributed by atoms with E-state index >= 15 is 0 Å². The Hall–Kier alpha value is -2.33. The molecule has 0 aliphatic rings. The number of nitrogens with one attached hydrogen (secondary N) is 1. The topological polar surface area (TPSA) is 30.5 Å². The lowest BCUT2D eigenvalue weighted by molar-refractivity contribution is 0.296. The van der Waals surface area contributed by atoms with E-state index in [1.807, 2.05) is 25.1 Å². The summed E-state index contributed by atoms with van der Waals surface area (Å²) in [4.78, 5) is 0. The van der Waals surface area contributed by atoms with Gasteiger partial charge in [-0.05, 0) is 42.3 Å². The zero-order valence-corrected chi connectivity index (χ0v) is 13.3. The van der Waals surface area contributed by atoms with E-state index in [0.717, 1.165) is 16.9 Å². The highest BCUT2D eigenvalue weighted by molar-refractivity contribution is 5.43. The number of benzene rings is 2. The largest absolute Gasteiger partial charge is 0.490 e. The lowest BCUT2D eigenvalue weighted by atomic mass is 10.2. The number of hydrogen-bond donors (Lipinski definition) is 1. The maximum atomic E-state index is 12.9. The molecule has 0 aliphatic heterocycles. The van der Waals surface area contributed by atoms with Gasteiger partial charge in [0, 0.05) is 13.1 Å². The molecule has 3 nitrogen and oxygen atoms in total. The zero-order chi connectivity index (χ0) is 16.5. The Labute approximate surface area is 136 Å². The van der Waals surface area contributed by atoms with E-state index in [-0.39, 0.29) is 5.82 Å². The second kappa shape index (κ2) is 8.96. The van der Waals surface area contributed by atoms with Gasteiger partial charge in [-0.2, -0.15) is 0 Å². The minimum Gasteiger partial charge on any atom is -0.490 e. The van der Waals surface area contributed by atoms with E-state index in [1.54, 1.807) is 18.2 Å². The monoisotopic (exact) mass is 315 g/mol. The molecule has 2 aromatic carbocycles. The van der Waals surface area contributed by atoms with Gasteiger partial charge in [0.25, 0.3) is 0 Å². The molecular weight excluding hydrogens is 293 g/mol. The van der Waals surface area contributed by atoms with Gasteiger partial charge in [-0.15, -0.1) is 0 Å². The van der Waals surface area contributed by atoms with Crippen LogP contribution in [0.2, 0.25) is 0 Å². The van der Waals surface area contributed by atoms with E-state index in [0.29, 0.717) is 32.1 Å². The lowest BCUT2D eigenvalue weighted by Gasteiger charge is -2.13. The Balaban J connectivity index is 1.95. The van der Waals surface area contributed by atoms with Gasteiger partial charge in [0.2, 0.25) is 0 Å². The Bertz CT molecular complexity index is 626.